The molecular formula is C72H114N14O13. The van der Waals surface area contributed by atoms with Gasteiger partial charge < -0.3 is 83.8 Å². The second-order valence-electron chi connectivity index (χ2n) is 26.2. The van der Waals surface area contributed by atoms with E-state index in [-0.39, 0.29) is 116 Å². The summed E-state index contributed by atoms with van der Waals surface area (Å²) >= 11 is 0. The summed E-state index contributed by atoms with van der Waals surface area (Å²) < 4.78 is 11.2. The van der Waals surface area contributed by atoms with E-state index in [0.717, 1.165) is 35.1 Å². The van der Waals surface area contributed by atoms with Gasteiger partial charge in [0.2, 0.25) is 59.1 Å². The van der Waals surface area contributed by atoms with Crippen LogP contribution in [0.25, 0.3) is 10.9 Å². The number of aliphatic hydroxyl groups is 1. The van der Waals surface area contributed by atoms with Gasteiger partial charge in [0.25, 0.3) is 0 Å². The van der Waals surface area contributed by atoms with Crippen LogP contribution in [0.5, 0.6) is 0 Å². The molecule has 2 aliphatic rings. The fourth-order valence-corrected chi connectivity index (χ4v) is 12.4. The van der Waals surface area contributed by atoms with E-state index in [2.05, 4.69) is 59.8 Å². The van der Waals surface area contributed by atoms with Crippen LogP contribution in [-0.4, -0.2) is 181 Å². The number of hydrogen-bond acceptors (Lipinski definition) is 14. The van der Waals surface area contributed by atoms with Crippen molar-refractivity contribution in [2.75, 3.05) is 52.6 Å². The Hall–Kier alpha value is -8.17. The van der Waals surface area contributed by atoms with Crippen LogP contribution in [0.2, 0.25) is 0 Å². The third kappa shape index (κ3) is 31.7. The number of aromatic amines is 1. The molecule has 3 aromatic rings. The third-order valence-corrected chi connectivity index (χ3v) is 18.0. The van der Waals surface area contributed by atoms with Gasteiger partial charge in [-0.05, 0) is 68.6 Å². The maximum atomic E-state index is 15.0. The quantitative estimate of drug-likeness (QED) is 0.0216. The molecule has 550 valence electrons. The van der Waals surface area contributed by atoms with Crippen LogP contribution >= 0.6 is 0 Å². The number of carbonyl (C=O) groups is 10. The van der Waals surface area contributed by atoms with E-state index >= 15 is 0 Å². The number of unbranched alkanes of at least 4 members (excludes halogenated alkanes) is 15. The van der Waals surface area contributed by atoms with Crippen molar-refractivity contribution in [3.8, 4) is 0 Å². The Morgan fingerprint density at radius 3 is 1.96 bits per heavy atom. The number of ether oxygens (including phenoxy) is 2. The van der Waals surface area contributed by atoms with Gasteiger partial charge in [0.1, 0.15) is 48.9 Å². The molecule has 2 aliphatic heterocycles. The molecule has 8 atom stereocenters. The molecule has 0 spiro atoms. The van der Waals surface area contributed by atoms with Gasteiger partial charge in [-0.15, -0.1) is 0 Å². The molecule has 2 aromatic carbocycles. The van der Waals surface area contributed by atoms with Gasteiger partial charge >= 0.3 is 0 Å². The predicted molar refractivity (Wildman–Crippen MR) is 378 cm³/mol. The third-order valence-electron chi connectivity index (χ3n) is 18.0. The number of aliphatic hydroxyl groups excluding tert-OH is 1. The van der Waals surface area contributed by atoms with Crippen molar-refractivity contribution in [1.82, 2.24) is 57.7 Å². The number of guanidine groups is 1. The van der Waals surface area contributed by atoms with Crippen LogP contribution < -0.4 is 59.3 Å². The van der Waals surface area contributed by atoms with Crippen molar-refractivity contribution in [3.63, 3.8) is 0 Å². The van der Waals surface area contributed by atoms with E-state index in [1.807, 2.05) is 31.2 Å². The molecule has 1 aromatic heterocycles. The summed E-state index contributed by atoms with van der Waals surface area (Å²) in [7, 11) is 0. The lowest BCUT2D eigenvalue weighted by atomic mass is 10.0. The number of nitrogens with zero attached hydrogens (tertiary/aromatic N) is 1. The number of benzene rings is 2. The zero-order valence-corrected chi connectivity index (χ0v) is 58.5. The largest absolute Gasteiger partial charge is 0.391 e. The van der Waals surface area contributed by atoms with Gasteiger partial charge in [0, 0.05) is 75.4 Å². The monoisotopic (exact) mass is 1380 g/mol. The molecule has 10 amide bonds. The van der Waals surface area contributed by atoms with Crippen molar-refractivity contribution in [1.29, 1.82) is 5.41 Å². The summed E-state index contributed by atoms with van der Waals surface area (Å²) in [4.78, 5) is 145. The van der Waals surface area contributed by atoms with Crippen LogP contribution in [0.3, 0.4) is 0 Å². The van der Waals surface area contributed by atoms with Crippen molar-refractivity contribution >= 4 is 75.9 Å². The van der Waals surface area contributed by atoms with Crippen LogP contribution in [0.4, 0.5) is 0 Å². The molecule has 0 saturated carbocycles. The molecule has 3 heterocycles. The van der Waals surface area contributed by atoms with E-state index in [9.17, 15) is 53.1 Å². The summed E-state index contributed by atoms with van der Waals surface area (Å²) in [5.41, 5.74) is 13.4. The van der Waals surface area contributed by atoms with Gasteiger partial charge in [0.05, 0.1) is 25.9 Å². The highest BCUT2D eigenvalue weighted by atomic mass is 16.5. The summed E-state index contributed by atoms with van der Waals surface area (Å²) in [6.45, 7) is 4.30. The van der Waals surface area contributed by atoms with E-state index in [1.165, 1.54) is 77.0 Å². The highest BCUT2D eigenvalue weighted by molar-refractivity contribution is 5.98. The lowest BCUT2D eigenvalue weighted by molar-refractivity contribution is -0.143. The molecule has 0 radical (unpaired) electrons. The topological polar surface area (TPSA) is 413 Å². The molecule has 2 saturated heterocycles. The minimum Gasteiger partial charge on any atom is -0.391 e. The van der Waals surface area contributed by atoms with Crippen LogP contribution in [0.15, 0.2) is 60.8 Å². The molecule has 0 unspecified atom stereocenters. The number of aromatic nitrogens is 1. The number of fused-ring (bicyclic) bond motifs is 2. The van der Waals surface area contributed by atoms with Gasteiger partial charge in [-0.1, -0.05) is 165 Å². The van der Waals surface area contributed by atoms with Crippen molar-refractivity contribution in [2.24, 2.45) is 11.5 Å². The van der Waals surface area contributed by atoms with E-state index < -0.39 is 108 Å². The van der Waals surface area contributed by atoms with E-state index in [0.29, 0.717) is 43.4 Å². The number of amides is 10. The van der Waals surface area contributed by atoms with Crippen molar-refractivity contribution in [3.05, 3.63) is 71.9 Å². The van der Waals surface area contributed by atoms with Gasteiger partial charge in [-0.3, -0.25) is 53.4 Å². The lowest BCUT2D eigenvalue weighted by Gasteiger charge is -2.31. The Morgan fingerprint density at radius 1 is 0.657 bits per heavy atom. The fraction of sp³-hybridized carbons (Fsp3) is 0.653. The smallest absolute Gasteiger partial charge is 0.246 e. The average molecular weight is 1380 g/mol. The maximum Gasteiger partial charge on any atom is 0.246 e. The summed E-state index contributed by atoms with van der Waals surface area (Å²) in [6, 6.07) is 6.58. The van der Waals surface area contributed by atoms with E-state index in [1.54, 1.807) is 36.5 Å². The van der Waals surface area contributed by atoms with Crippen LogP contribution in [0, 0.1) is 5.41 Å². The number of rotatable bonds is 39. The number of nitrogens with one attached hydrogen (secondary N) is 11. The average Bonchev–Trinajstić information content (AvgIpc) is 1.72. The Labute approximate surface area is 583 Å². The van der Waals surface area contributed by atoms with Gasteiger partial charge in [-0.2, -0.15) is 0 Å². The highest BCUT2D eigenvalue weighted by Crippen LogP contribution is 2.23. The highest BCUT2D eigenvalue weighted by Gasteiger charge is 2.43. The molecule has 27 nitrogen and oxygen atoms in total. The summed E-state index contributed by atoms with van der Waals surface area (Å²) in [5, 5.41) is 44.5. The number of H-pyrrole nitrogens is 1. The Bertz CT molecular complexity index is 2990. The molecule has 27 heteroatoms. The number of hydrogen-bond donors (Lipinski definition) is 14. The maximum absolute atomic E-state index is 15.0. The first kappa shape index (κ1) is 81.5. The minimum absolute atomic E-state index is 0.0254. The lowest BCUT2D eigenvalue weighted by Crippen LogP contribution is -2.60. The number of carbonyl (C=O) groups excluding carboxylic acids is 10. The van der Waals surface area contributed by atoms with Crippen LogP contribution in [0.1, 0.15) is 198 Å². The standard InChI is InChI=1S/C72H114N14O13/c1-3-5-7-8-9-10-11-12-13-14-15-16-17-18-22-35-62(88)77-40-41-98-42-43-99-49-64(90)80-56(31-6-4-2)66(92)83-58-36-37-63(89)76-38-26-25-33-55(65(73)91)81-69(95)60(45-51-47-79-54-32-24-23-30-53(51)54)84-67(93)57(34-27-39-78-72(74)75)82-68(94)59(44-50-28-20-19-21-29-50)85-70(96)61-46-52(87)48-86(61)71(58)97/h19-21,23-24,28-30,32,47,52,55-61,79,87H,3-18,22,25-27,31,33-46,48-49H2,1-2H3,(H2,73,91)(H,76,89)(H,77,88)(H,80,90)(H,81,95)(H,82,94)(H,83,92)(H,84,93)(H,85,96)(H4,74,75,78)/t52-,55+,56+,57+,58+,59-,60+,61+/m1/s1. The van der Waals surface area contributed by atoms with E-state index in [4.69, 9.17) is 26.4 Å². The minimum atomic E-state index is -1.48. The Balaban J connectivity index is 1.24. The summed E-state index contributed by atoms with van der Waals surface area (Å²) in [6.07, 6.45) is 20.7. The predicted octanol–water partition coefficient (Wildman–Crippen LogP) is 4.25. The van der Waals surface area contributed by atoms with Gasteiger partial charge in [0.15, 0.2) is 5.96 Å². The Kier molecular flexibility index (Phi) is 38.7. The Morgan fingerprint density at radius 2 is 1.27 bits per heavy atom. The second kappa shape index (κ2) is 47.0. The molecule has 99 heavy (non-hydrogen) atoms. The molecule has 2 fully saturated rings. The zero-order chi connectivity index (χ0) is 71.6. The summed E-state index contributed by atoms with van der Waals surface area (Å²) in [5.74, 6) is -7.19. The molecule has 0 bridgehead atoms. The molecular weight excluding hydrogens is 1270 g/mol. The fourth-order valence-electron chi connectivity index (χ4n) is 12.4. The molecule has 16 N–H and O–H groups in total. The van der Waals surface area contributed by atoms with Crippen molar-refractivity contribution in [2.45, 2.75) is 248 Å². The SMILES string of the molecule is CCCCCCCCCCCCCCCCCC(=O)NCCOCCOCC(=O)N[C@@H](CCCC)C(=O)N[C@H]1CCC(=O)NCCCC[C@@H](C(N)=O)NC(=O)[C@H](Cc2c[nH]c3ccccc23)NC(=O)[C@H](CCCNC(=N)N)NC(=O)[C@@H](Cc2ccccc2)NC(=O)[C@@H]2C[C@@H](O)CN2C1=O. The number of nitrogens with two attached hydrogens (primary N) is 2. The van der Waals surface area contributed by atoms with Crippen LogP contribution in [-0.2, 0) is 70.3 Å². The molecule has 5 rings (SSSR count). The second-order valence-corrected chi connectivity index (χ2v) is 26.2. The number of para-hydroxylation sites is 1. The van der Waals surface area contributed by atoms with Crippen molar-refractivity contribution < 1.29 is 62.5 Å². The first-order chi connectivity index (χ1) is 47.9. The normalized spacial score (nSPS) is 20.4. The number of primary amides is 1. The van der Waals surface area contributed by atoms with Gasteiger partial charge in [-0.25, -0.2) is 0 Å². The molecule has 0 aliphatic carbocycles. The first-order valence-electron chi connectivity index (χ1n) is 36.3. The first-order valence-corrected chi connectivity index (χ1v) is 36.3. The zero-order valence-electron chi connectivity index (χ0n) is 58.5.